The van der Waals surface area contributed by atoms with Crippen LogP contribution in [-0.4, -0.2) is 34.7 Å². The van der Waals surface area contributed by atoms with E-state index < -0.39 is 0 Å². The van der Waals surface area contributed by atoms with Crippen LogP contribution in [0.25, 0.3) is 0 Å². The molecule has 2 heterocycles. The van der Waals surface area contributed by atoms with Gasteiger partial charge in [-0.2, -0.15) is 0 Å². The van der Waals surface area contributed by atoms with E-state index in [2.05, 4.69) is 36.3 Å². The Morgan fingerprint density at radius 2 is 2.06 bits per heavy atom. The summed E-state index contributed by atoms with van der Waals surface area (Å²) in [5.41, 5.74) is -0.107. The fourth-order valence-electron chi connectivity index (χ4n) is 2.55. The molecule has 1 unspecified atom stereocenters. The van der Waals surface area contributed by atoms with Crippen LogP contribution in [0.2, 0.25) is 0 Å². The average molecular weight is 253 g/mol. The molecule has 1 saturated heterocycles. The quantitative estimate of drug-likeness (QED) is 0.892. The van der Waals surface area contributed by atoms with E-state index in [1.807, 2.05) is 0 Å². The predicted octanol–water partition coefficient (Wildman–Crippen LogP) is 2.92. The number of aliphatic hydroxyl groups is 1. The zero-order chi connectivity index (χ0) is 12.3. The third-order valence-electron chi connectivity index (χ3n) is 3.96. The van der Waals surface area contributed by atoms with E-state index in [1.54, 1.807) is 11.3 Å². The third kappa shape index (κ3) is 3.09. The molecule has 0 radical (unpaired) electrons. The van der Waals surface area contributed by atoms with E-state index >= 15 is 0 Å². The van der Waals surface area contributed by atoms with Crippen LogP contribution in [0.4, 0.5) is 0 Å². The second-order valence-electron chi connectivity index (χ2n) is 5.50. The lowest BCUT2D eigenvalue weighted by Crippen LogP contribution is -2.54. The lowest BCUT2D eigenvalue weighted by molar-refractivity contribution is -0.0183. The first kappa shape index (κ1) is 13.1. The summed E-state index contributed by atoms with van der Waals surface area (Å²) in [6.07, 6.45) is 4.39. The number of piperidine rings is 1. The van der Waals surface area contributed by atoms with Gasteiger partial charge in [0.05, 0.1) is 6.10 Å². The van der Waals surface area contributed by atoms with Crippen molar-refractivity contribution >= 4 is 11.3 Å². The molecule has 2 nitrogen and oxygen atoms in total. The van der Waals surface area contributed by atoms with Gasteiger partial charge in [-0.3, -0.25) is 4.90 Å². The summed E-state index contributed by atoms with van der Waals surface area (Å²) in [6, 6.07) is 4.17. The van der Waals surface area contributed by atoms with Crippen molar-refractivity contribution in [3.05, 3.63) is 22.4 Å². The molecule has 1 aliphatic rings. The monoisotopic (exact) mass is 253 g/mol. The van der Waals surface area contributed by atoms with Crippen LogP contribution in [0.1, 0.15) is 38.0 Å². The van der Waals surface area contributed by atoms with Gasteiger partial charge in [-0.15, -0.1) is 11.3 Å². The van der Waals surface area contributed by atoms with Crippen LogP contribution in [0, 0.1) is 0 Å². The standard InChI is InChI=1S/C14H23NOS/c1-14(2,15-8-4-3-5-9-15)13(16)11-12-7-6-10-17-12/h6-7,10,13,16H,3-5,8-9,11H2,1-2H3. The van der Waals surface area contributed by atoms with Crippen molar-refractivity contribution < 1.29 is 5.11 Å². The maximum absolute atomic E-state index is 10.5. The van der Waals surface area contributed by atoms with Crippen molar-refractivity contribution in [2.24, 2.45) is 0 Å². The number of likely N-dealkylation sites (tertiary alicyclic amines) is 1. The number of hydrogen-bond donors (Lipinski definition) is 1. The van der Waals surface area contributed by atoms with Gasteiger partial charge in [0.2, 0.25) is 0 Å². The molecule has 0 spiro atoms. The molecule has 2 rings (SSSR count). The summed E-state index contributed by atoms with van der Waals surface area (Å²) in [4.78, 5) is 3.73. The van der Waals surface area contributed by atoms with Gasteiger partial charge in [-0.25, -0.2) is 0 Å². The van der Waals surface area contributed by atoms with Gasteiger partial charge in [-0.05, 0) is 51.2 Å². The minimum absolute atomic E-state index is 0.107. The minimum Gasteiger partial charge on any atom is -0.391 e. The van der Waals surface area contributed by atoms with E-state index in [9.17, 15) is 5.11 Å². The molecule has 0 saturated carbocycles. The Balaban J connectivity index is 1.98. The maximum Gasteiger partial charge on any atom is 0.0766 e. The van der Waals surface area contributed by atoms with Crippen LogP contribution in [-0.2, 0) is 6.42 Å². The first-order valence-corrected chi connectivity index (χ1v) is 7.44. The van der Waals surface area contributed by atoms with Crippen molar-refractivity contribution in [1.82, 2.24) is 4.90 Å². The Bertz CT molecular complexity index is 328. The van der Waals surface area contributed by atoms with Gasteiger partial charge >= 0.3 is 0 Å². The summed E-state index contributed by atoms with van der Waals surface area (Å²) in [6.45, 7) is 6.62. The van der Waals surface area contributed by atoms with Crippen molar-refractivity contribution in [2.75, 3.05) is 13.1 Å². The second-order valence-corrected chi connectivity index (χ2v) is 6.53. The molecule has 0 amide bonds. The van der Waals surface area contributed by atoms with E-state index in [-0.39, 0.29) is 11.6 Å². The number of nitrogens with zero attached hydrogens (tertiary/aromatic N) is 1. The summed E-state index contributed by atoms with van der Waals surface area (Å²) in [5.74, 6) is 0. The highest BCUT2D eigenvalue weighted by atomic mass is 32.1. The zero-order valence-corrected chi connectivity index (χ0v) is 11.7. The number of thiophene rings is 1. The number of aliphatic hydroxyl groups excluding tert-OH is 1. The predicted molar refractivity (Wildman–Crippen MR) is 73.5 cm³/mol. The van der Waals surface area contributed by atoms with E-state index in [4.69, 9.17) is 0 Å². The number of rotatable bonds is 4. The first-order chi connectivity index (χ1) is 8.10. The highest BCUT2D eigenvalue weighted by Crippen LogP contribution is 2.26. The second kappa shape index (κ2) is 5.51. The molecule has 1 aromatic heterocycles. The van der Waals surface area contributed by atoms with Crippen LogP contribution in [0.5, 0.6) is 0 Å². The minimum atomic E-state index is -0.278. The Kier molecular flexibility index (Phi) is 4.23. The SMILES string of the molecule is CC(C)(C(O)Cc1cccs1)N1CCCCC1. The van der Waals surface area contributed by atoms with Gasteiger partial charge in [0.25, 0.3) is 0 Å². The molecule has 1 fully saturated rings. The van der Waals surface area contributed by atoms with Crippen LogP contribution in [0.3, 0.4) is 0 Å². The average Bonchev–Trinajstić information content (AvgIpc) is 2.83. The topological polar surface area (TPSA) is 23.5 Å². The summed E-state index contributed by atoms with van der Waals surface area (Å²) < 4.78 is 0. The Morgan fingerprint density at radius 3 is 2.65 bits per heavy atom. The van der Waals surface area contributed by atoms with Crippen LogP contribution < -0.4 is 0 Å². The highest BCUT2D eigenvalue weighted by Gasteiger charge is 2.34. The smallest absolute Gasteiger partial charge is 0.0766 e. The van der Waals surface area contributed by atoms with Gasteiger partial charge < -0.3 is 5.11 Å². The molecule has 1 aliphatic heterocycles. The molecule has 0 aliphatic carbocycles. The summed E-state index contributed by atoms with van der Waals surface area (Å²) in [5, 5.41) is 12.5. The van der Waals surface area contributed by atoms with Crippen molar-refractivity contribution in [3.63, 3.8) is 0 Å². The fourth-order valence-corrected chi connectivity index (χ4v) is 3.29. The Morgan fingerprint density at radius 1 is 1.35 bits per heavy atom. The van der Waals surface area contributed by atoms with Gasteiger partial charge in [0, 0.05) is 16.8 Å². The molecular weight excluding hydrogens is 230 g/mol. The number of hydrogen-bond acceptors (Lipinski definition) is 3. The molecule has 96 valence electrons. The lowest BCUT2D eigenvalue weighted by Gasteiger charge is -2.44. The zero-order valence-electron chi connectivity index (χ0n) is 10.9. The van der Waals surface area contributed by atoms with E-state index in [0.717, 1.165) is 19.5 Å². The Hall–Kier alpha value is -0.380. The summed E-state index contributed by atoms with van der Waals surface area (Å²) >= 11 is 1.74. The molecule has 1 atom stereocenters. The molecule has 1 aromatic rings. The van der Waals surface area contributed by atoms with Gasteiger partial charge in [-0.1, -0.05) is 12.5 Å². The largest absolute Gasteiger partial charge is 0.391 e. The third-order valence-corrected chi connectivity index (χ3v) is 4.86. The van der Waals surface area contributed by atoms with Crippen molar-refractivity contribution in [1.29, 1.82) is 0 Å². The summed E-state index contributed by atoms with van der Waals surface area (Å²) in [7, 11) is 0. The van der Waals surface area contributed by atoms with Crippen molar-refractivity contribution in [2.45, 2.75) is 51.2 Å². The van der Waals surface area contributed by atoms with Crippen LogP contribution >= 0.6 is 11.3 Å². The normalized spacial score (nSPS) is 20.4. The van der Waals surface area contributed by atoms with E-state index in [1.165, 1.54) is 24.1 Å². The molecule has 1 N–H and O–H groups in total. The first-order valence-electron chi connectivity index (χ1n) is 6.56. The molecule has 0 bridgehead atoms. The molecule has 3 heteroatoms. The van der Waals surface area contributed by atoms with Crippen LogP contribution in [0.15, 0.2) is 17.5 Å². The molecular formula is C14H23NOS. The van der Waals surface area contributed by atoms with Gasteiger partial charge in [0.15, 0.2) is 0 Å². The van der Waals surface area contributed by atoms with Gasteiger partial charge in [0.1, 0.15) is 0 Å². The van der Waals surface area contributed by atoms with E-state index in [0.29, 0.717) is 0 Å². The molecule has 17 heavy (non-hydrogen) atoms. The van der Waals surface area contributed by atoms with Crippen molar-refractivity contribution in [3.8, 4) is 0 Å². The highest BCUT2D eigenvalue weighted by molar-refractivity contribution is 7.09. The maximum atomic E-state index is 10.5. The molecule has 0 aromatic carbocycles. The Labute approximate surface area is 108 Å². The lowest BCUT2D eigenvalue weighted by atomic mass is 9.90. The fraction of sp³-hybridized carbons (Fsp3) is 0.714.